The van der Waals surface area contributed by atoms with Crippen LogP contribution in [-0.2, 0) is 24.3 Å². The Balaban J connectivity index is 2.16. The van der Waals surface area contributed by atoms with Crippen LogP contribution in [0.2, 0.25) is 0 Å². The Bertz CT molecular complexity index is 1610. The molecule has 0 amide bonds. The van der Waals surface area contributed by atoms with Crippen LogP contribution in [0, 0.1) is 69.0 Å². The van der Waals surface area contributed by atoms with Gasteiger partial charge < -0.3 is 9.47 Å². The molecule has 0 aromatic heterocycles. The highest BCUT2D eigenvalue weighted by Gasteiger charge is 2.72. The van der Waals surface area contributed by atoms with E-state index in [0.29, 0.717) is 0 Å². The number of aryl methyl sites for hydroxylation is 1. The van der Waals surface area contributed by atoms with Crippen molar-refractivity contribution in [2.24, 2.45) is 16.7 Å². The van der Waals surface area contributed by atoms with E-state index in [9.17, 15) is 34.3 Å². The number of methoxy groups -OCH3 is 1. The van der Waals surface area contributed by atoms with Gasteiger partial charge >= 0.3 is 5.97 Å². The van der Waals surface area contributed by atoms with Gasteiger partial charge in [-0.25, -0.2) is 8.42 Å². The van der Waals surface area contributed by atoms with Crippen LogP contribution in [0.3, 0.4) is 0 Å². The first kappa shape index (κ1) is 29.5. The van der Waals surface area contributed by atoms with Gasteiger partial charge in [0.1, 0.15) is 12.1 Å². The number of benzene rings is 2. The van der Waals surface area contributed by atoms with Crippen molar-refractivity contribution in [3.05, 3.63) is 77.4 Å². The van der Waals surface area contributed by atoms with Crippen LogP contribution in [0.5, 0.6) is 0 Å². The third kappa shape index (κ3) is 4.36. The molecule has 0 saturated carbocycles. The summed E-state index contributed by atoms with van der Waals surface area (Å²) in [6, 6.07) is 20.6. The lowest BCUT2D eigenvalue weighted by molar-refractivity contribution is -0.148. The fraction of sp³-hybridized carbons (Fsp3) is 0.367. The van der Waals surface area contributed by atoms with E-state index >= 15 is 0 Å². The molecule has 0 unspecified atom stereocenters. The van der Waals surface area contributed by atoms with Crippen molar-refractivity contribution in [2.75, 3.05) is 13.7 Å². The van der Waals surface area contributed by atoms with Gasteiger partial charge in [0.15, 0.2) is 10.8 Å². The number of piperidine rings is 1. The van der Waals surface area contributed by atoms with E-state index in [1.807, 2.05) is 12.1 Å². The molecule has 1 aliphatic carbocycles. The molecule has 2 aliphatic rings. The number of rotatable bonds is 6. The molecule has 1 heterocycles. The summed E-state index contributed by atoms with van der Waals surface area (Å²) in [7, 11) is -3.43. The number of fused-ring (bicyclic) bond motifs is 1. The van der Waals surface area contributed by atoms with E-state index in [1.54, 1.807) is 68.5 Å². The summed E-state index contributed by atoms with van der Waals surface area (Å²) in [6.07, 6.45) is 0.246. The van der Waals surface area contributed by atoms with E-state index in [1.165, 1.54) is 18.2 Å². The van der Waals surface area contributed by atoms with Gasteiger partial charge in [-0.2, -0.15) is 25.4 Å². The molecule has 0 radical (unpaired) electrons. The van der Waals surface area contributed by atoms with Crippen LogP contribution < -0.4 is 0 Å². The number of sulfonamides is 1. The van der Waals surface area contributed by atoms with Gasteiger partial charge in [0.05, 0.1) is 42.3 Å². The third-order valence-corrected chi connectivity index (χ3v) is 9.74. The smallest absolute Gasteiger partial charge is 0.315 e. The largest absolute Gasteiger partial charge is 0.468 e. The summed E-state index contributed by atoms with van der Waals surface area (Å²) < 4.78 is 40.7. The van der Waals surface area contributed by atoms with E-state index < -0.39 is 50.9 Å². The van der Waals surface area contributed by atoms with Crippen molar-refractivity contribution in [1.82, 2.24) is 4.31 Å². The summed E-state index contributed by atoms with van der Waals surface area (Å²) in [5, 5.41) is 42.2. The number of nitrogens with zero attached hydrogens (tertiary/aromatic N) is 5. The maximum atomic E-state index is 14.4. The molecule has 0 bridgehead atoms. The molecule has 2 aromatic carbocycles. The van der Waals surface area contributed by atoms with Gasteiger partial charge in [-0.3, -0.25) is 4.79 Å². The van der Waals surface area contributed by atoms with Gasteiger partial charge in [-0.1, -0.05) is 54.1 Å². The fourth-order valence-electron chi connectivity index (χ4n) is 5.88. The van der Waals surface area contributed by atoms with Crippen molar-refractivity contribution in [2.45, 2.75) is 43.4 Å². The predicted molar refractivity (Wildman–Crippen MR) is 144 cm³/mol. The summed E-state index contributed by atoms with van der Waals surface area (Å²) >= 11 is 0. The highest BCUT2D eigenvalue weighted by Crippen LogP contribution is 2.60. The van der Waals surface area contributed by atoms with Crippen molar-refractivity contribution >= 4 is 16.0 Å². The molecule has 0 N–H and O–H groups in total. The monoisotopic (exact) mass is 569 g/mol. The molecule has 208 valence electrons. The van der Waals surface area contributed by atoms with Crippen LogP contribution in [0.25, 0.3) is 0 Å². The first-order chi connectivity index (χ1) is 19.6. The number of esters is 1. The molecule has 1 aliphatic heterocycles. The van der Waals surface area contributed by atoms with E-state index in [2.05, 4.69) is 0 Å². The molecule has 11 heteroatoms. The van der Waals surface area contributed by atoms with Gasteiger partial charge in [0.2, 0.25) is 10.0 Å². The molecular weight excluding hydrogens is 542 g/mol. The zero-order valence-electron chi connectivity index (χ0n) is 22.7. The summed E-state index contributed by atoms with van der Waals surface area (Å²) in [5.74, 6) is -3.27. The number of carbonyl (C=O) groups excluding carboxylic acids is 1. The minimum Gasteiger partial charge on any atom is -0.468 e. The normalized spacial score (nSPS) is 24.7. The minimum absolute atomic E-state index is 0.0816. The molecule has 4 rings (SSSR count). The Morgan fingerprint density at radius 1 is 0.976 bits per heavy atom. The van der Waals surface area contributed by atoms with Crippen LogP contribution in [0.4, 0.5) is 0 Å². The Kier molecular flexibility index (Phi) is 8.02. The van der Waals surface area contributed by atoms with Crippen LogP contribution in [-0.4, -0.2) is 44.7 Å². The topological polar surface area (TPSA) is 168 Å². The molecule has 41 heavy (non-hydrogen) atoms. The number of hydrogen-bond acceptors (Lipinski definition) is 9. The zero-order chi connectivity index (χ0) is 30.0. The Morgan fingerprint density at radius 2 is 1.56 bits per heavy atom. The molecule has 1 fully saturated rings. The average molecular weight is 570 g/mol. The molecule has 4 atom stereocenters. The van der Waals surface area contributed by atoms with Crippen LogP contribution >= 0.6 is 0 Å². The van der Waals surface area contributed by atoms with Gasteiger partial charge in [0, 0.05) is 12.5 Å². The maximum absolute atomic E-state index is 14.4. The molecule has 1 saturated heterocycles. The minimum atomic E-state index is -4.50. The molecule has 0 spiro atoms. The highest BCUT2D eigenvalue weighted by atomic mass is 32.2. The molecule has 10 nitrogen and oxygen atoms in total. The quantitative estimate of drug-likeness (QED) is 0.372. The zero-order valence-corrected chi connectivity index (χ0v) is 23.5. The number of nitriles is 4. The van der Waals surface area contributed by atoms with Gasteiger partial charge in [-0.05, 0) is 43.5 Å². The van der Waals surface area contributed by atoms with Crippen LogP contribution in [0.1, 0.15) is 30.4 Å². The second-order valence-corrected chi connectivity index (χ2v) is 11.7. The first-order valence-corrected chi connectivity index (χ1v) is 14.3. The van der Waals surface area contributed by atoms with E-state index in [4.69, 9.17) is 9.47 Å². The van der Waals surface area contributed by atoms with Crippen molar-refractivity contribution in [1.29, 1.82) is 21.0 Å². The lowest BCUT2D eigenvalue weighted by atomic mass is 9.50. The molecule has 2 aromatic rings. The van der Waals surface area contributed by atoms with Crippen molar-refractivity contribution in [3.63, 3.8) is 0 Å². The number of ether oxygens (including phenoxy) is 2. The lowest BCUT2D eigenvalue weighted by Crippen LogP contribution is -2.67. The molecular formula is C30H27N5O5S. The first-order valence-electron chi connectivity index (χ1n) is 12.8. The third-order valence-electron chi connectivity index (χ3n) is 7.87. The fourth-order valence-corrected chi connectivity index (χ4v) is 7.62. The van der Waals surface area contributed by atoms with Gasteiger partial charge in [0.25, 0.3) is 0 Å². The SMILES string of the molecule is CCO[C@H]1C[C@@H](c2ccccc2)C2=C[C@H](C(=O)OC)C(C#N)(C#N)C(C#N)(C#N)[C@@H]2N1S(=O)(=O)c1ccc(C)cc1. The number of carbonyl (C=O) groups is 1. The Labute approximate surface area is 239 Å². The summed E-state index contributed by atoms with van der Waals surface area (Å²) in [6.45, 7) is 3.57. The van der Waals surface area contributed by atoms with E-state index in [0.717, 1.165) is 22.5 Å². The standard InChI is InChI=1S/C30H27N5O5S/c1-4-40-26-15-23(21-8-6-5-7-9-21)24-14-25(28(36)39-3)29(16-31,17-32)30(18-33,19-34)27(24)35(26)41(37,38)22-12-10-20(2)11-13-22/h5-14,23,25-27H,4,15H2,1-3H3/t23-,25+,26-,27+/m0/s1. The second-order valence-electron chi connectivity index (χ2n) is 9.89. The second kappa shape index (κ2) is 11.2. The van der Waals surface area contributed by atoms with Gasteiger partial charge in [-0.15, -0.1) is 0 Å². The average Bonchev–Trinajstić information content (AvgIpc) is 2.99. The Morgan fingerprint density at radius 3 is 2.07 bits per heavy atom. The van der Waals surface area contributed by atoms with Crippen molar-refractivity contribution < 1.29 is 22.7 Å². The lowest BCUT2D eigenvalue weighted by Gasteiger charge is -2.54. The summed E-state index contributed by atoms with van der Waals surface area (Å²) in [4.78, 5) is 13.0. The highest BCUT2D eigenvalue weighted by molar-refractivity contribution is 7.89. The Hall–Kier alpha value is -4.52. The summed E-state index contributed by atoms with van der Waals surface area (Å²) in [5.41, 5.74) is -3.50. The van der Waals surface area contributed by atoms with Crippen molar-refractivity contribution in [3.8, 4) is 24.3 Å². The number of hydrogen-bond donors (Lipinski definition) is 0. The predicted octanol–water partition coefficient (Wildman–Crippen LogP) is 3.70. The van der Waals surface area contributed by atoms with Crippen LogP contribution in [0.15, 0.2) is 71.1 Å². The van der Waals surface area contributed by atoms with E-state index in [-0.39, 0.29) is 23.5 Å². The maximum Gasteiger partial charge on any atom is 0.315 e.